The quantitative estimate of drug-likeness (QED) is 0.559. The van der Waals surface area contributed by atoms with Crippen LogP contribution in [0.2, 0.25) is 0 Å². The van der Waals surface area contributed by atoms with Crippen LogP contribution in [-0.2, 0) is 10.2 Å². The van der Waals surface area contributed by atoms with Crippen molar-refractivity contribution in [3.8, 4) is 0 Å². The van der Waals surface area contributed by atoms with Gasteiger partial charge in [0.1, 0.15) is 6.29 Å². The maximum atomic E-state index is 10.4. The molecule has 0 aliphatic carbocycles. The Labute approximate surface area is 102 Å². The van der Waals surface area contributed by atoms with Crippen molar-refractivity contribution in [3.05, 3.63) is 41.0 Å². The van der Waals surface area contributed by atoms with E-state index in [9.17, 15) is 4.79 Å². The average molecular weight is 237 g/mol. The smallest absolute Gasteiger partial charge is 0.144 e. The predicted octanol–water partition coefficient (Wildman–Crippen LogP) is 4.07. The highest BCUT2D eigenvalue weighted by molar-refractivity contribution is 6.49. The van der Waals surface area contributed by atoms with Gasteiger partial charge in [0.15, 0.2) is 0 Å². The molecule has 86 valence electrons. The fourth-order valence-corrected chi connectivity index (χ4v) is 1.75. The van der Waals surface area contributed by atoms with Crippen molar-refractivity contribution in [1.82, 2.24) is 0 Å². The molecule has 0 unspecified atom stereocenters. The standard InChI is InChI=1S/C14H17ClO/c1-10-5-6-11(14(2,3)4)9-12(10)13(15)7-8-16/h5-9H,1-4H3/b13-7-. The van der Waals surface area contributed by atoms with E-state index in [2.05, 4.69) is 32.9 Å². The lowest BCUT2D eigenvalue weighted by Gasteiger charge is -2.20. The number of carbonyl (C=O) groups excluding carboxylic acids is 1. The average Bonchev–Trinajstić information content (AvgIpc) is 2.16. The molecule has 0 aliphatic rings. The van der Waals surface area contributed by atoms with E-state index in [1.54, 1.807) is 0 Å². The van der Waals surface area contributed by atoms with Crippen LogP contribution in [0.3, 0.4) is 0 Å². The zero-order chi connectivity index (χ0) is 12.3. The summed E-state index contributed by atoms with van der Waals surface area (Å²) in [5.74, 6) is 0. The molecule has 0 atom stereocenters. The van der Waals surface area contributed by atoms with Crippen LogP contribution in [0.25, 0.3) is 5.03 Å². The summed E-state index contributed by atoms with van der Waals surface area (Å²) in [4.78, 5) is 10.4. The Bertz CT molecular complexity index is 425. The fraction of sp³-hybridized carbons (Fsp3) is 0.357. The van der Waals surface area contributed by atoms with Crippen molar-refractivity contribution in [2.75, 3.05) is 0 Å². The molecule has 0 heterocycles. The Hall–Kier alpha value is -1.08. The third-order valence-corrected chi connectivity index (χ3v) is 2.90. The molecule has 2 heteroatoms. The maximum absolute atomic E-state index is 10.4. The summed E-state index contributed by atoms with van der Waals surface area (Å²) in [7, 11) is 0. The van der Waals surface area contributed by atoms with E-state index in [-0.39, 0.29) is 5.41 Å². The number of hydrogen-bond donors (Lipinski definition) is 0. The molecule has 1 aromatic carbocycles. The predicted molar refractivity (Wildman–Crippen MR) is 69.8 cm³/mol. The fourth-order valence-electron chi connectivity index (χ4n) is 1.50. The van der Waals surface area contributed by atoms with Crippen LogP contribution in [0.1, 0.15) is 37.5 Å². The van der Waals surface area contributed by atoms with Crippen LogP contribution in [0.5, 0.6) is 0 Å². The Morgan fingerprint density at radius 2 is 1.94 bits per heavy atom. The number of halogens is 1. The lowest BCUT2D eigenvalue weighted by molar-refractivity contribution is -0.104. The van der Waals surface area contributed by atoms with Gasteiger partial charge in [-0.25, -0.2) is 0 Å². The van der Waals surface area contributed by atoms with Crippen molar-refractivity contribution >= 4 is 22.9 Å². The SMILES string of the molecule is Cc1ccc(C(C)(C)C)cc1/C(Cl)=C/C=O. The highest BCUT2D eigenvalue weighted by Crippen LogP contribution is 2.29. The molecule has 0 amide bonds. The van der Waals surface area contributed by atoms with Gasteiger partial charge in [-0.1, -0.05) is 44.5 Å². The minimum absolute atomic E-state index is 0.0841. The molecular weight excluding hydrogens is 220 g/mol. The zero-order valence-corrected chi connectivity index (χ0v) is 10.9. The second-order valence-electron chi connectivity index (χ2n) is 4.93. The van der Waals surface area contributed by atoms with Gasteiger partial charge in [-0.3, -0.25) is 4.79 Å². The number of aldehydes is 1. The van der Waals surface area contributed by atoms with E-state index in [4.69, 9.17) is 11.6 Å². The third-order valence-electron chi connectivity index (χ3n) is 2.58. The molecule has 0 bridgehead atoms. The van der Waals surface area contributed by atoms with Gasteiger partial charge in [0.2, 0.25) is 0 Å². The van der Waals surface area contributed by atoms with Gasteiger partial charge in [-0.2, -0.15) is 0 Å². The van der Waals surface area contributed by atoms with E-state index in [0.29, 0.717) is 11.3 Å². The number of carbonyl (C=O) groups is 1. The summed E-state index contributed by atoms with van der Waals surface area (Å²) in [5, 5.41) is 0.499. The molecular formula is C14H17ClO. The first-order chi connectivity index (χ1) is 7.36. The number of hydrogen-bond acceptors (Lipinski definition) is 1. The summed E-state index contributed by atoms with van der Waals surface area (Å²) in [6.45, 7) is 8.44. The first-order valence-electron chi connectivity index (χ1n) is 5.28. The Balaban J connectivity index is 3.29. The number of aryl methyl sites for hydroxylation is 1. The van der Waals surface area contributed by atoms with Crippen molar-refractivity contribution in [2.45, 2.75) is 33.1 Å². The van der Waals surface area contributed by atoms with E-state index in [1.165, 1.54) is 11.6 Å². The van der Waals surface area contributed by atoms with Gasteiger partial charge in [-0.05, 0) is 41.2 Å². The van der Waals surface area contributed by atoms with Gasteiger partial charge in [0.05, 0.1) is 5.03 Å². The minimum atomic E-state index is 0.0841. The number of allylic oxidation sites excluding steroid dienone is 1. The third kappa shape index (κ3) is 2.96. The lowest BCUT2D eigenvalue weighted by atomic mass is 9.85. The van der Waals surface area contributed by atoms with Crippen LogP contribution in [0, 0.1) is 6.92 Å². The van der Waals surface area contributed by atoms with Crippen LogP contribution in [0.4, 0.5) is 0 Å². The van der Waals surface area contributed by atoms with Crippen molar-refractivity contribution in [3.63, 3.8) is 0 Å². The molecule has 0 fully saturated rings. The van der Waals surface area contributed by atoms with Gasteiger partial charge < -0.3 is 0 Å². The second kappa shape index (κ2) is 4.84. The Morgan fingerprint density at radius 1 is 1.31 bits per heavy atom. The molecule has 16 heavy (non-hydrogen) atoms. The minimum Gasteiger partial charge on any atom is -0.299 e. The van der Waals surface area contributed by atoms with E-state index < -0.39 is 0 Å². The number of benzene rings is 1. The molecule has 0 N–H and O–H groups in total. The summed E-state index contributed by atoms with van der Waals surface area (Å²) in [6, 6.07) is 6.19. The van der Waals surface area contributed by atoms with Gasteiger partial charge >= 0.3 is 0 Å². The lowest BCUT2D eigenvalue weighted by Crippen LogP contribution is -2.11. The van der Waals surface area contributed by atoms with E-state index in [1.807, 2.05) is 13.0 Å². The summed E-state index contributed by atoms with van der Waals surface area (Å²) < 4.78 is 0. The molecule has 0 radical (unpaired) electrons. The molecule has 1 rings (SSSR count). The topological polar surface area (TPSA) is 17.1 Å². The summed E-state index contributed by atoms with van der Waals surface area (Å²) in [6.07, 6.45) is 2.10. The highest BCUT2D eigenvalue weighted by Gasteiger charge is 2.15. The molecule has 1 nitrogen and oxygen atoms in total. The van der Waals surface area contributed by atoms with Gasteiger partial charge in [0.25, 0.3) is 0 Å². The van der Waals surface area contributed by atoms with Gasteiger partial charge in [-0.15, -0.1) is 0 Å². The van der Waals surface area contributed by atoms with Gasteiger partial charge in [0, 0.05) is 0 Å². The first kappa shape index (κ1) is 13.0. The normalized spacial score (nSPS) is 12.7. The number of rotatable bonds is 2. The molecule has 0 aliphatic heterocycles. The molecule has 0 aromatic heterocycles. The van der Waals surface area contributed by atoms with Crippen LogP contribution in [-0.4, -0.2) is 6.29 Å². The van der Waals surface area contributed by atoms with Crippen LogP contribution >= 0.6 is 11.6 Å². The first-order valence-corrected chi connectivity index (χ1v) is 5.66. The zero-order valence-electron chi connectivity index (χ0n) is 10.2. The molecule has 0 spiro atoms. The second-order valence-corrected chi connectivity index (χ2v) is 5.34. The van der Waals surface area contributed by atoms with Crippen molar-refractivity contribution in [1.29, 1.82) is 0 Å². The highest BCUT2D eigenvalue weighted by atomic mass is 35.5. The van der Waals surface area contributed by atoms with E-state index >= 15 is 0 Å². The maximum Gasteiger partial charge on any atom is 0.144 e. The Morgan fingerprint density at radius 3 is 2.44 bits per heavy atom. The largest absolute Gasteiger partial charge is 0.299 e. The summed E-state index contributed by atoms with van der Waals surface area (Å²) in [5.41, 5.74) is 3.31. The summed E-state index contributed by atoms with van der Waals surface area (Å²) >= 11 is 6.06. The Kier molecular flexibility index (Phi) is 3.93. The van der Waals surface area contributed by atoms with Crippen LogP contribution < -0.4 is 0 Å². The van der Waals surface area contributed by atoms with Crippen molar-refractivity contribution < 1.29 is 4.79 Å². The van der Waals surface area contributed by atoms with Crippen molar-refractivity contribution in [2.24, 2.45) is 0 Å². The molecule has 0 saturated heterocycles. The van der Waals surface area contributed by atoms with Crippen LogP contribution in [0.15, 0.2) is 24.3 Å². The molecule has 1 aromatic rings. The van der Waals surface area contributed by atoms with E-state index in [0.717, 1.165) is 11.1 Å². The molecule has 0 saturated carbocycles. The monoisotopic (exact) mass is 236 g/mol.